The molecule has 4 aromatic heterocycles. The number of para-hydroxylation sites is 1. The number of furan rings is 1. The van der Waals surface area contributed by atoms with Gasteiger partial charge >= 0.3 is 0 Å². The van der Waals surface area contributed by atoms with Crippen molar-refractivity contribution in [3.8, 4) is 16.8 Å². The number of nitrogens with one attached hydrogen (secondary N) is 1. The van der Waals surface area contributed by atoms with E-state index in [1.807, 2.05) is 61.5 Å². The number of anilines is 1. The van der Waals surface area contributed by atoms with E-state index < -0.39 is 0 Å². The van der Waals surface area contributed by atoms with Crippen LogP contribution >= 0.6 is 11.3 Å². The van der Waals surface area contributed by atoms with Gasteiger partial charge in [0.05, 0.1) is 29.5 Å². The molecule has 0 aliphatic carbocycles. The molecule has 1 atom stereocenters. The van der Waals surface area contributed by atoms with Gasteiger partial charge in [0.25, 0.3) is 5.56 Å². The van der Waals surface area contributed by atoms with Crippen LogP contribution in [0, 0.1) is 0 Å². The largest absolute Gasteiger partial charge is 0.472 e. The lowest BCUT2D eigenvalue weighted by atomic mass is 9.99. The quantitative estimate of drug-likeness (QED) is 0.345. The number of nitrogens with zero attached hydrogens (tertiary/aromatic N) is 4. The number of benzene rings is 2. The Hall–Kier alpha value is -4.30. The lowest BCUT2D eigenvalue weighted by molar-refractivity contribution is 0.568. The second-order valence-corrected chi connectivity index (χ2v) is 8.75. The van der Waals surface area contributed by atoms with Crippen LogP contribution in [0.2, 0.25) is 0 Å². The van der Waals surface area contributed by atoms with Crippen molar-refractivity contribution >= 4 is 38.3 Å². The molecule has 4 heterocycles. The summed E-state index contributed by atoms with van der Waals surface area (Å²) in [5.41, 5.74) is 5.70. The van der Waals surface area contributed by atoms with Crippen molar-refractivity contribution in [1.29, 1.82) is 0 Å². The molecule has 0 aliphatic heterocycles. The van der Waals surface area contributed by atoms with Crippen LogP contribution in [0.1, 0.15) is 18.7 Å². The summed E-state index contributed by atoms with van der Waals surface area (Å²) in [7, 11) is 0. The molecule has 8 heteroatoms. The molecule has 7 nitrogen and oxygen atoms in total. The summed E-state index contributed by atoms with van der Waals surface area (Å²) in [6.45, 7) is 2.01. The highest BCUT2D eigenvalue weighted by molar-refractivity contribution is 7.16. The molecule has 0 spiro atoms. The van der Waals surface area contributed by atoms with Crippen molar-refractivity contribution in [2.45, 2.75) is 13.0 Å². The summed E-state index contributed by atoms with van der Waals surface area (Å²) in [6.07, 6.45) is 4.80. The van der Waals surface area contributed by atoms with Gasteiger partial charge in [-0.3, -0.25) is 9.36 Å². The highest BCUT2D eigenvalue weighted by Gasteiger charge is 2.20. The highest BCUT2D eigenvalue weighted by Crippen LogP contribution is 2.31. The van der Waals surface area contributed by atoms with Crippen LogP contribution in [0.15, 0.2) is 94.2 Å². The Bertz CT molecular complexity index is 1670. The molecule has 34 heavy (non-hydrogen) atoms. The van der Waals surface area contributed by atoms with Crippen LogP contribution in [0.4, 0.5) is 5.82 Å². The van der Waals surface area contributed by atoms with Crippen LogP contribution in [0.5, 0.6) is 0 Å². The number of hydrogen-bond acceptors (Lipinski definition) is 7. The molecule has 6 aromatic rings. The monoisotopic (exact) mass is 465 g/mol. The van der Waals surface area contributed by atoms with Crippen molar-refractivity contribution in [3.05, 3.63) is 101 Å². The summed E-state index contributed by atoms with van der Waals surface area (Å²) < 4.78 is 7.06. The van der Waals surface area contributed by atoms with Gasteiger partial charge in [-0.1, -0.05) is 36.4 Å². The zero-order valence-electron chi connectivity index (χ0n) is 18.2. The second-order valence-electron chi connectivity index (χ2n) is 7.92. The van der Waals surface area contributed by atoms with E-state index in [1.54, 1.807) is 22.6 Å². The smallest absolute Gasteiger partial charge is 0.263 e. The molecule has 0 bridgehead atoms. The molecule has 0 fully saturated rings. The van der Waals surface area contributed by atoms with E-state index in [9.17, 15) is 4.79 Å². The van der Waals surface area contributed by atoms with Gasteiger partial charge in [0.2, 0.25) is 0 Å². The van der Waals surface area contributed by atoms with E-state index in [0.29, 0.717) is 11.2 Å². The second kappa shape index (κ2) is 8.24. The lowest BCUT2D eigenvalue weighted by Gasteiger charge is -2.22. The maximum absolute atomic E-state index is 14.1. The van der Waals surface area contributed by atoms with E-state index in [1.165, 1.54) is 17.7 Å². The number of thiazole rings is 1. The molecule has 6 rings (SSSR count). The summed E-state index contributed by atoms with van der Waals surface area (Å²) in [4.78, 5) is 28.0. The third-order valence-electron chi connectivity index (χ3n) is 5.85. The molecule has 0 aliphatic rings. The molecule has 0 amide bonds. The van der Waals surface area contributed by atoms with E-state index in [0.717, 1.165) is 38.2 Å². The number of rotatable bonds is 5. The molecule has 0 saturated carbocycles. The van der Waals surface area contributed by atoms with Gasteiger partial charge in [0.1, 0.15) is 16.7 Å². The summed E-state index contributed by atoms with van der Waals surface area (Å²) in [5.74, 6) is 0.637. The minimum Gasteiger partial charge on any atom is -0.472 e. The van der Waals surface area contributed by atoms with Crippen molar-refractivity contribution in [3.63, 3.8) is 0 Å². The van der Waals surface area contributed by atoms with Crippen molar-refractivity contribution in [1.82, 2.24) is 19.5 Å². The Morgan fingerprint density at radius 3 is 2.74 bits per heavy atom. The summed E-state index contributed by atoms with van der Waals surface area (Å²) in [6, 6.07) is 19.2. The highest BCUT2D eigenvalue weighted by atomic mass is 32.1. The first kappa shape index (κ1) is 20.3. The average Bonchev–Trinajstić information content (AvgIpc) is 3.57. The maximum Gasteiger partial charge on any atom is 0.263 e. The topological polar surface area (TPSA) is 85.8 Å². The first-order valence-corrected chi connectivity index (χ1v) is 11.7. The number of fused-ring (bicyclic) bond motifs is 2. The van der Waals surface area contributed by atoms with Gasteiger partial charge in [-0.2, -0.15) is 0 Å². The first-order chi connectivity index (χ1) is 16.7. The Labute approximate surface area is 198 Å². The minimum atomic E-state index is -0.241. The average molecular weight is 466 g/mol. The van der Waals surface area contributed by atoms with Crippen LogP contribution in [-0.4, -0.2) is 19.5 Å². The lowest BCUT2D eigenvalue weighted by Crippen LogP contribution is -2.26. The van der Waals surface area contributed by atoms with E-state index in [4.69, 9.17) is 4.42 Å². The standard InChI is InChI=1S/C26H19N5O2S/c1-16(30-24-23-25(28-14-27-24)34-15-29-23)21-12-17-6-5-9-20(18-10-11-33-13-18)22(17)26(32)31(21)19-7-3-2-4-8-19/h2-16H,1H3,(H,27,28,30). The normalized spacial score (nSPS) is 12.3. The van der Waals surface area contributed by atoms with E-state index >= 15 is 0 Å². The minimum absolute atomic E-state index is 0.0920. The van der Waals surface area contributed by atoms with Crippen LogP contribution in [0.25, 0.3) is 37.9 Å². The molecule has 1 unspecified atom stereocenters. The van der Waals surface area contributed by atoms with Gasteiger partial charge in [-0.15, -0.1) is 11.3 Å². The zero-order chi connectivity index (χ0) is 23.1. The maximum atomic E-state index is 14.1. The fraction of sp³-hybridized carbons (Fsp3) is 0.0769. The first-order valence-electron chi connectivity index (χ1n) is 10.8. The summed E-state index contributed by atoms with van der Waals surface area (Å²) >= 11 is 1.46. The van der Waals surface area contributed by atoms with Crippen molar-refractivity contribution < 1.29 is 4.42 Å². The third kappa shape index (κ3) is 3.36. The molecule has 1 N–H and O–H groups in total. The van der Waals surface area contributed by atoms with Crippen LogP contribution in [0.3, 0.4) is 0 Å². The molecule has 2 aromatic carbocycles. The Kier molecular flexibility index (Phi) is 4.92. The van der Waals surface area contributed by atoms with Crippen molar-refractivity contribution in [2.75, 3.05) is 5.32 Å². The van der Waals surface area contributed by atoms with Gasteiger partial charge in [-0.05, 0) is 42.1 Å². The fourth-order valence-corrected chi connectivity index (χ4v) is 4.91. The van der Waals surface area contributed by atoms with Gasteiger partial charge in [-0.25, -0.2) is 15.0 Å². The zero-order valence-corrected chi connectivity index (χ0v) is 19.0. The predicted molar refractivity (Wildman–Crippen MR) is 134 cm³/mol. The number of hydrogen-bond donors (Lipinski definition) is 1. The SMILES string of the molecule is CC(Nc1ncnc2scnc12)c1cc2cccc(-c3ccoc3)c2c(=O)n1-c1ccccc1. The van der Waals surface area contributed by atoms with E-state index in [-0.39, 0.29) is 11.6 Å². The molecular weight excluding hydrogens is 446 g/mol. The summed E-state index contributed by atoms with van der Waals surface area (Å²) in [5, 5.41) is 4.96. The molecular formula is C26H19N5O2S. The van der Waals surface area contributed by atoms with Gasteiger partial charge in [0.15, 0.2) is 5.82 Å². The molecule has 0 saturated heterocycles. The molecule has 0 radical (unpaired) electrons. The van der Waals surface area contributed by atoms with Gasteiger partial charge < -0.3 is 9.73 Å². The predicted octanol–water partition coefficient (Wildman–Crippen LogP) is 5.82. The van der Waals surface area contributed by atoms with Crippen LogP contribution < -0.4 is 10.9 Å². The Morgan fingerprint density at radius 1 is 1.03 bits per heavy atom. The Balaban J connectivity index is 1.58. The van der Waals surface area contributed by atoms with Crippen LogP contribution in [-0.2, 0) is 0 Å². The third-order valence-corrected chi connectivity index (χ3v) is 6.59. The number of aromatic nitrogens is 4. The Morgan fingerprint density at radius 2 is 1.91 bits per heavy atom. The van der Waals surface area contributed by atoms with Crippen molar-refractivity contribution in [2.24, 2.45) is 0 Å². The number of pyridine rings is 1. The fourth-order valence-electron chi connectivity index (χ4n) is 4.28. The van der Waals surface area contributed by atoms with Gasteiger partial charge in [0, 0.05) is 16.9 Å². The molecule has 166 valence electrons. The van der Waals surface area contributed by atoms with E-state index in [2.05, 4.69) is 26.3 Å².